The number of rotatable bonds is 2. The van der Waals surface area contributed by atoms with Gasteiger partial charge in [0, 0.05) is 29.3 Å². The van der Waals surface area contributed by atoms with Gasteiger partial charge in [0.1, 0.15) is 5.60 Å². The number of anilines is 1. The first-order chi connectivity index (χ1) is 9.83. The molecule has 1 aromatic rings. The van der Waals surface area contributed by atoms with E-state index in [9.17, 15) is 4.79 Å². The largest absolute Gasteiger partial charge is 0.444 e. The average Bonchev–Trinajstić information content (AvgIpc) is 2.37. The van der Waals surface area contributed by atoms with Crippen molar-refractivity contribution in [2.24, 2.45) is 0 Å². The maximum absolute atomic E-state index is 12.1. The maximum atomic E-state index is 12.1. The van der Waals surface area contributed by atoms with Crippen molar-refractivity contribution in [2.75, 3.05) is 18.4 Å². The topological polar surface area (TPSA) is 41.6 Å². The second-order valence-corrected chi connectivity index (χ2v) is 7.34. The van der Waals surface area contributed by atoms with Gasteiger partial charge in [0.25, 0.3) is 0 Å². The van der Waals surface area contributed by atoms with Crippen LogP contribution in [-0.4, -0.2) is 35.7 Å². The fourth-order valence-electron chi connectivity index (χ4n) is 2.40. The number of halogens is 1. The van der Waals surface area contributed by atoms with Gasteiger partial charge in [-0.05, 0) is 51.8 Å². The van der Waals surface area contributed by atoms with Crippen LogP contribution in [-0.2, 0) is 4.74 Å². The van der Waals surface area contributed by atoms with Crippen LogP contribution in [0.4, 0.5) is 10.5 Å². The number of carbonyl (C=O) groups excluding carboxylic acids is 1. The second kappa shape index (κ2) is 6.69. The molecule has 1 unspecified atom stereocenters. The van der Waals surface area contributed by atoms with Crippen LogP contribution in [0.25, 0.3) is 0 Å². The molecule has 1 fully saturated rings. The van der Waals surface area contributed by atoms with Crippen molar-refractivity contribution in [1.82, 2.24) is 4.90 Å². The van der Waals surface area contributed by atoms with E-state index in [0.29, 0.717) is 6.54 Å². The highest BCUT2D eigenvalue weighted by atomic mass is 79.9. The average molecular weight is 355 g/mol. The Labute approximate surface area is 135 Å². The normalized spacial score (nSPS) is 19.2. The van der Waals surface area contributed by atoms with E-state index in [-0.39, 0.29) is 12.1 Å². The summed E-state index contributed by atoms with van der Waals surface area (Å²) in [5.74, 6) is 0. The number of likely N-dealkylation sites (tertiary alicyclic amines) is 1. The zero-order valence-corrected chi connectivity index (χ0v) is 14.4. The molecule has 5 heteroatoms. The molecule has 1 aromatic carbocycles. The molecule has 4 nitrogen and oxygen atoms in total. The van der Waals surface area contributed by atoms with Gasteiger partial charge in [0.05, 0.1) is 0 Å². The minimum atomic E-state index is -0.443. The zero-order valence-electron chi connectivity index (χ0n) is 12.9. The van der Waals surface area contributed by atoms with Gasteiger partial charge in [-0.3, -0.25) is 0 Å². The molecule has 2 rings (SSSR count). The van der Waals surface area contributed by atoms with Crippen LogP contribution in [0.3, 0.4) is 0 Å². The van der Waals surface area contributed by atoms with Crippen molar-refractivity contribution >= 4 is 27.7 Å². The third kappa shape index (κ3) is 5.23. The number of hydrogen-bond donors (Lipinski definition) is 1. The molecule has 1 aliphatic rings. The van der Waals surface area contributed by atoms with Crippen LogP contribution in [0.5, 0.6) is 0 Å². The molecule has 0 spiro atoms. The molecule has 1 heterocycles. The summed E-state index contributed by atoms with van der Waals surface area (Å²) in [4.78, 5) is 13.9. The SMILES string of the molecule is CC(C)(C)OC(=O)N1CCCC(Nc2cccc(Br)c2)C1. The van der Waals surface area contributed by atoms with Crippen LogP contribution in [0, 0.1) is 0 Å². The molecule has 21 heavy (non-hydrogen) atoms. The van der Waals surface area contributed by atoms with E-state index in [0.717, 1.165) is 29.5 Å². The molecular formula is C16H23BrN2O2. The van der Waals surface area contributed by atoms with Gasteiger partial charge < -0.3 is 15.0 Å². The minimum Gasteiger partial charge on any atom is -0.444 e. The summed E-state index contributed by atoms with van der Waals surface area (Å²) in [6.45, 7) is 7.14. The Hall–Kier alpha value is -1.23. The molecule has 1 atom stereocenters. The quantitative estimate of drug-likeness (QED) is 0.862. The van der Waals surface area contributed by atoms with E-state index in [4.69, 9.17) is 4.74 Å². The van der Waals surface area contributed by atoms with E-state index >= 15 is 0 Å². The number of carbonyl (C=O) groups is 1. The van der Waals surface area contributed by atoms with Gasteiger partial charge in [0.15, 0.2) is 0 Å². The van der Waals surface area contributed by atoms with Crippen molar-refractivity contribution in [3.63, 3.8) is 0 Å². The fourth-order valence-corrected chi connectivity index (χ4v) is 2.80. The first-order valence-corrected chi connectivity index (χ1v) is 8.13. The predicted molar refractivity (Wildman–Crippen MR) is 88.6 cm³/mol. The second-order valence-electron chi connectivity index (χ2n) is 6.42. The van der Waals surface area contributed by atoms with Gasteiger partial charge in [-0.2, -0.15) is 0 Å². The summed E-state index contributed by atoms with van der Waals surface area (Å²) in [6, 6.07) is 8.35. The predicted octanol–water partition coefficient (Wildman–Crippen LogP) is 4.26. The van der Waals surface area contributed by atoms with Gasteiger partial charge in [-0.25, -0.2) is 4.79 Å². The Balaban J connectivity index is 1.93. The van der Waals surface area contributed by atoms with E-state index in [1.54, 1.807) is 4.90 Å². The van der Waals surface area contributed by atoms with Gasteiger partial charge in [-0.1, -0.05) is 22.0 Å². The van der Waals surface area contributed by atoms with Gasteiger partial charge >= 0.3 is 6.09 Å². The van der Waals surface area contributed by atoms with Crippen LogP contribution >= 0.6 is 15.9 Å². The first-order valence-electron chi connectivity index (χ1n) is 7.33. The summed E-state index contributed by atoms with van der Waals surface area (Å²) < 4.78 is 6.49. The molecule has 1 amide bonds. The number of nitrogens with one attached hydrogen (secondary N) is 1. The summed E-state index contributed by atoms with van der Waals surface area (Å²) >= 11 is 3.47. The Bertz CT molecular complexity index is 499. The summed E-state index contributed by atoms with van der Waals surface area (Å²) in [6.07, 6.45) is 1.83. The lowest BCUT2D eigenvalue weighted by Crippen LogP contribution is -2.46. The first kappa shape index (κ1) is 16.1. The fraction of sp³-hybridized carbons (Fsp3) is 0.562. The molecule has 116 valence electrons. The number of nitrogens with zero attached hydrogens (tertiary/aromatic N) is 1. The highest BCUT2D eigenvalue weighted by Crippen LogP contribution is 2.21. The molecule has 0 radical (unpaired) electrons. The molecule has 1 saturated heterocycles. The molecule has 1 N–H and O–H groups in total. The number of ether oxygens (including phenoxy) is 1. The Morgan fingerprint density at radius 2 is 2.19 bits per heavy atom. The molecule has 0 aromatic heterocycles. The molecular weight excluding hydrogens is 332 g/mol. The lowest BCUT2D eigenvalue weighted by molar-refractivity contribution is 0.0206. The lowest BCUT2D eigenvalue weighted by atomic mass is 10.1. The lowest BCUT2D eigenvalue weighted by Gasteiger charge is -2.34. The number of amides is 1. The minimum absolute atomic E-state index is 0.219. The van der Waals surface area contributed by atoms with Crippen molar-refractivity contribution < 1.29 is 9.53 Å². The third-order valence-corrected chi connectivity index (χ3v) is 3.76. The van der Waals surface area contributed by atoms with Gasteiger partial charge in [-0.15, -0.1) is 0 Å². The smallest absolute Gasteiger partial charge is 0.410 e. The monoisotopic (exact) mass is 354 g/mol. The Morgan fingerprint density at radius 1 is 1.43 bits per heavy atom. The molecule has 1 aliphatic heterocycles. The van der Waals surface area contributed by atoms with Crippen LogP contribution in [0.1, 0.15) is 33.6 Å². The molecule has 0 aliphatic carbocycles. The van der Waals surface area contributed by atoms with Crippen LogP contribution < -0.4 is 5.32 Å². The van der Waals surface area contributed by atoms with E-state index < -0.39 is 5.60 Å². The summed E-state index contributed by atoms with van der Waals surface area (Å²) in [5.41, 5.74) is 0.627. The highest BCUT2D eigenvalue weighted by molar-refractivity contribution is 9.10. The standard InChI is InChI=1S/C16H23BrN2O2/c1-16(2,3)21-15(20)19-9-5-8-14(11-19)18-13-7-4-6-12(17)10-13/h4,6-7,10,14,18H,5,8-9,11H2,1-3H3. The molecule has 0 bridgehead atoms. The van der Waals surface area contributed by atoms with Crippen molar-refractivity contribution in [3.8, 4) is 0 Å². The van der Waals surface area contributed by atoms with E-state index in [1.807, 2.05) is 45.0 Å². The van der Waals surface area contributed by atoms with E-state index in [2.05, 4.69) is 21.2 Å². The van der Waals surface area contributed by atoms with Crippen LogP contribution in [0.2, 0.25) is 0 Å². The van der Waals surface area contributed by atoms with Crippen molar-refractivity contribution in [1.29, 1.82) is 0 Å². The zero-order chi connectivity index (χ0) is 15.5. The maximum Gasteiger partial charge on any atom is 0.410 e. The Morgan fingerprint density at radius 3 is 2.86 bits per heavy atom. The highest BCUT2D eigenvalue weighted by Gasteiger charge is 2.27. The molecule has 0 saturated carbocycles. The Kier molecular flexibility index (Phi) is 5.14. The van der Waals surface area contributed by atoms with Crippen molar-refractivity contribution in [2.45, 2.75) is 45.3 Å². The van der Waals surface area contributed by atoms with Crippen molar-refractivity contribution in [3.05, 3.63) is 28.7 Å². The van der Waals surface area contributed by atoms with Crippen LogP contribution in [0.15, 0.2) is 28.7 Å². The number of piperidine rings is 1. The number of benzene rings is 1. The summed E-state index contributed by atoms with van der Waals surface area (Å²) in [5, 5.41) is 3.49. The third-order valence-electron chi connectivity index (χ3n) is 3.27. The number of hydrogen-bond acceptors (Lipinski definition) is 3. The van der Waals surface area contributed by atoms with E-state index in [1.165, 1.54) is 0 Å². The van der Waals surface area contributed by atoms with Gasteiger partial charge in [0.2, 0.25) is 0 Å². The summed E-state index contributed by atoms with van der Waals surface area (Å²) in [7, 11) is 0.